The van der Waals surface area contributed by atoms with E-state index in [1.807, 2.05) is 0 Å². The Morgan fingerprint density at radius 2 is 1.83 bits per heavy atom. The van der Waals surface area contributed by atoms with E-state index in [0.717, 1.165) is 12.1 Å². The first-order valence-corrected chi connectivity index (χ1v) is 8.46. The smallest absolute Gasteiger partial charge is 0.262 e. The van der Waals surface area contributed by atoms with E-state index in [1.165, 1.54) is 39.2 Å². The lowest BCUT2D eigenvalue weighted by atomic mass is 10.2. The van der Waals surface area contributed by atoms with Gasteiger partial charge in [0.25, 0.3) is 10.0 Å². The number of amides is 1. The molecule has 6 nitrogen and oxygen atoms in total. The third-order valence-corrected chi connectivity index (χ3v) is 4.73. The van der Waals surface area contributed by atoms with Crippen LogP contribution in [0.25, 0.3) is 0 Å². The van der Waals surface area contributed by atoms with Gasteiger partial charge in [0.2, 0.25) is 5.91 Å². The molecule has 0 radical (unpaired) electrons. The van der Waals surface area contributed by atoms with Crippen molar-refractivity contribution in [2.24, 2.45) is 0 Å². The molecule has 1 amide bonds. The highest BCUT2D eigenvalue weighted by molar-refractivity contribution is 7.92. The fraction of sp³-hybridized carbons (Fsp3) is 0.188. The van der Waals surface area contributed by atoms with Crippen molar-refractivity contribution >= 4 is 27.3 Å². The van der Waals surface area contributed by atoms with Crippen LogP contribution in [-0.4, -0.2) is 21.4 Å². The molecule has 2 rings (SSSR count). The first-order chi connectivity index (χ1) is 11.2. The number of rotatable bonds is 5. The van der Waals surface area contributed by atoms with Gasteiger partial charge in [-0.25, -0.2) is 12.8 Å². The SMILES string of the molecule is COc1ccc(NC(C)=O)c(NS(=O)(=O)c2ccc(F)cc2C)c1. The fourth-order valence-corrected chi connectivity index (χ4v) is 3.45. The second-order valence-corrected chi connectivity index (χ2v) is 6.76. The summed E-state index contributed by atoms with van der Waals surface area (Å²) in [5.74, 6) is -0.456. The molecule has 2 aromatic carbocycles. The lowest BCUT2D eigenvalue weighted by molar-refractivity contribution is -0.114. The van der Waals surface area contributed by atoms with E-state index in [1.54, 1.807) is 6.07 Å². The lowest BCUT2D eigenvalue weighted by Gasteiger charge is -2.15. The zero-order valence-corrected chi connectivity index (χ0v) is 14.2. The number of sulfonamides is 1. The van der Waals surface area contributed by atoms with Crippen molar-refractivity contribution in [2.45, 2.75) is 18.7 Å². The normalized spacial score (nSPS) is 11.0. The molecule has 0 unspecified atom stereocenters. The van der Waals surface area contributed by atoms with Gasteiger partial charge in [0.15, 0.2) is 0 Å². The number of hydrogen-bond donors (Lipinski definition) is 2. The van der Waals surface area contributed by atoms with Gasteiger partial charge in [0.05, 0.1) is 23.4 Å². The summed E-state index contributed by atoms with van der Waals surface area (Å²) in [5, 5.41) is 2.54. The van der Waals surface area contributed by atoms with Gasteiger partial charge in [0, 0.05) is 13.0 Å². The number of anilines is 2. The molecule has 0 aromatic heterocycles. The van der Waals surface area contributed by atoms with Crippen molar-refractivity contribution in [3.8, 4) is 5.75 Å². The average Bonchev–Trinajstić information content (AvgIpc) is 2.47. The first kappa shape index (κ1) is 17.7. The van der Waals surface area contributed by atoms with Gasteiger partial charge in [0.1, 0.15) is 11.6 Å². The Bertz CT molecular complexity index is 882. The largest absolute Gasteiger partial charge is 0.497 e. The van der Waals surface area contributed by atoms with E-state index >= 15 is 0 Å². The number of methoxy groups -OCH3 is 1. The molecule has 2 aromatic rings. The van der Waals surface area contributed by atoms with Gasteiger partial charge < -0.3 is 10.1 Å². The van der Waals surface area contributed by atoms with Crippen LogP contribution >= 0.6 is 0 Å². The lowest BCUT2D eigenvalue weighted by Crippen LogP contribution is -2.17. The van der Waals surface area contributed by atoms with Gasteiger partial charge in [-0.2, -0.15) is 0 Å². The van der Waals surface area contributed by atoms with E-state index in [2.05, 4.69) is 10.0 Å². The molecule has 0 heterocycles. The molecule has 0 aliphatic heterocycles. The highest BCUT2D eigenvalue weighted by Gasteiger charge is 2.19. The molecule has 0 bridgehead atoms. The summed E-state index contributed by atoms with van der Waals surface area (Å²) in [6.07, 6.45) is 0. The van der Waals surface area contributed by atoms with E-state index in [4.69, 9.17) is 4.74 Å². The number of halogens is 1. The molecule has 0 fully saturated rings. The quantitative estimate of drug-likeness (QED) is 0.866. The number of aryl methyl sites for hydroxylation is 1. The predicted octanol–water partition coefficient (Wildman–Crippen LogP) is 2.90. The molecule has 8 heteroatoms. The Kier molecular flexibility index (Phi) is 5.08. The van der Waals surface area contributed by atoms with Gasteiger partial charge in [-0.15, -0.1) is 0 Å². The second kappa shape index (κ2) is 6.88. The number of carbonyl (C=O) groups excluding carboxylic acids is 1. The van der Waals surface area contributed by atoms with Crippen molar-refractivity contribution in [3.63, 3.8) is 0 Å². The zero-order chi connectivity index (χ0) is 17.9. The zero-order valence-electron chi connectivity index (χ0n) is 13.4. The van der Waals surface area contributed by atoms with Crippen LogP contribution in [0.4, 0.5) is 15.8 Å². The maximum atomic E-state index is 13.2. The summed E-state index contributed by atoms with van der Waals surface area (Å²) in [6, 6.07) is 7.95. The topological polar surface area (TPSA) is 84.5 Å². The minimum Gasteiger partial charge on any atom is -0.497 e. The monoisotopic (exact) mass is 352 g/mol. The predicted molar refractivity (Wildman–Crippen MR) is 89.2 cm³/mol. The first-order valence-electron chi connectivity index (χ1n) is 6.97. The molecule has 0 atom stereocenters. The van der Waals surface area contributed by atoms with Crippen LogP contribution in [0.5, 0.6) is 5.75 Å². The molecule has 0 aliphatic rings. The number of carbonyl (C=O) groups is 1. The third kappa shape index (κ3) is 4.02. The van der Waals surface area contributed by atoms with Gasteiger partial charge in [-0.3, -0.25) is 9.52 Å². The van der Waals surface area contributed by atoms with Crippen LogP contribution in [-0.2, 0) is 14.8 Å². The highest BCUT2D eigenvalue weighted by atomic mass is 32.2. The number of benzene rings is 2. The third-order valence-electron chi connectivity index (χ3n) is 3.21. The number of ether oxygens (including phenoxy) is 1. The summed E-state index contributed by atoms with van der Waals surface area (Å²) in [4.78, 5) is 11.2. The fourth-order valence-electron chi connectivity index (χ4n) is 2.15. The Balaban J connectivity index is 2.46. The molecule has 0 saturated heterocycles. The van der Waals surface area contributed by atoms with Crippen LogP contribution < -0.4 is 14.8 Å². The van der Waals surface area contributed by atoms with Gasteiger partial charge >= 0.3 is 0 Å². The van der Waals surface area contributed by atoms with E-state index in [-0.39, 0.29) is 27.7 Å². The Hall–Kier alpha value is -2.61. The number of nitrogens with one attached hydrogen (secondary N) is 2. The summed E-state index contributed by atoms with van der Waals surface area (Å²) in [5.41, 5.74) is 0.700. The van der Waals surface area contributed by atoms with Gasteiger partial charge in [-0.05, 0) is 42.8 Å². The van der Waals surface area contributed by atoms with Crippen molar-refractivity contribution in [2.75, 3.05) is 17.1 Å². The van der Waals surface area contributed by atoms with E-state index in [9.17, 15) is 17.6 Å². The summed E-state index contributed by atoms with van der Waals surface area (Å²) < 4.78 is 45.8. The van der Waals surface area contributed by atoms with Crippen molar-refractivity contribution in [1.82, 2.24) is 0 Å². The van der Waals surface area contributed by atoms with Gasteiger partial charge in [-0.1, -0.05) is 0 Å². The Morgan fingerprint density at radius 1 is 1.12 bits per heavy atom. The molecule has 0 saturated carbocycles. The minimum atomic E-state index is -3.97. The maximum absolute atomic E-state index is 13.2. The molecule has 0 aliphatic carbocycles. The molecule has 128 valence electrons. The summed E-state index contributed by atoms with van der Waals surface area (Å²) in [6.45, 7) is 2.81. The Morgan fingerprint density at radius 3 is 2.42 bits per heavy atom. The van der Waals surface area contributed by atoms with Crippen LogP contribution in [0.2, 0.25) is 0 Å². The maximum Gasteiger partial charge on any atom is 0.262 e. The molecular formula is C16H17FN2O4S. The van der Waals surface area contributed by atoms with Crippen LogP contribution in [0, 0.1) is 12.7 Å². The van der Waals surface area contributed by atoms with Crippen molar-refractivity contribution in [3.05, 3.63) is 47.8 Å². The molecule has 24 heavy (non-hydrogen) atoms. The summed E-state index contributed by atoms with van der Waals surface area (Å²) >= 11 is 0. The van der Waals surface area contributed by atoms with E-state index in [0.29, 0.717) is 5.75 Å². The van der Waals surface area contributed by atoms with Crippen LogP contribution in [0.15, 0.2) is 41.3 Å². The minimum absolute atomic E-state index is 0.0551. The highest BCUT2D eigenvalue weighted by Crippen LogP contribution is 2.30. The van der Waals surface area contributed by atoms with Crippen molar-refractivity contribution in [1.29, 1.82) is 0 Å². The van der Waals surface area contributed by atoms with Crippen LogP contribution in [0.1, 0.15) is 12.5 Å². The second-order valence-electron chi connectivity index (χ2n) is 5.11. The summed E-state index contributed by atoms with van der Waals surface area (Å²) in [7, 11) is -2.53. The van der Waals surface area contributed by atoms with Crippen molar-refractivity contribution < 1.29 is 22.3 Å². The number of hydrogen-bond acceptors (Lipinski definition) is 4. The van der Waals surface area contributed by atoms with E-state index < -0.39 is 15.8 Å². The average molecular weight is 352 g/mol. The molecular weight excluding hydrogens is 335 g/mol. The van der Waals surface area contributed by atoms with Crippen LogP contribution in [0.3, 0.4) is 0 Å². The molecule has 0 spiro atoms. The molecule has 2 N–H and O–H groups in total. The standard InChI is InChI=1S/C16H17FN2O4S/c1-10-8-12(17)4-7-16(10)24(21,22)19-15-9-13(23-3)5-6-14(15)18-11(2)20/h4-9,19H,1-3H3,(H,18,20). The Labute approximate surface area is 139 Å².